The summed E-state index contributed by atoms with van der Waals surface area (Å²) < 4.78 is 5.61. The summed E-state index contributed by atoms with van der Waals surface area (Å²) in [5, 5.41) is 3.46. The third-order valence-corrected chi connectivity index (χ3v) is 5.04. The van der Waals surface area contributed by atoms with E-state index in [1.165, 1.54) is 51.5 Å². The zero-order valence-electron chi connectivity index (χ0n) is 14.4. The molecule has 0 amide bonds. The van der Waals surface area contributed by atoms with Gasteiger partial charge in [0.25, 0.3) is 0 Å². The lowest BCUT2D eigenvalue weighted by Crippen LogP contribution is -2.42. The van der Waals surface area contributed by atoms with E-state index < -0.39 is 0 Å². The molecule has 1 spiro atoms. The van der Waals surface area contributed by atoms with Crippen molar-refractivity contribution in [3.8, 4) is 0 Å². The summed E-state index contributed by atoms with van der Waals surface area (Å²) in [7, 11) is 1.89. The Morgan fingerprint density at radius 2 is 1.95 bits per heavy atom. The summed E-state index contributed by atoms with van der Waals surface area (Å²) in [4.78, 5) is 6.91. The van der Waals surface area contributed by atoms with Gasteiger partial charge in [-0.2, -0.15) is 0 Å². The second-order valence-electron chi connectivity index (χ2n) is 6.67. The molecule has 130 valence electrons. The molecular formula is C17H34IN3O. The molecule has 4 nitrogen and oxygen atoms in total. The van der Waals surface area contributed by atoms with E-state index in [2.05, 4.69) is 22.1 Å². The summed E-state index contributed by atoms with van der Waals surface area (Å²) in [5.41, 5.74) is 0.591. The molecule has 1 saturated carbocycles. The number of nitrogens with zero attached hydrogens (tertiary/aromatic N) is 2. The van der Waals surface area contributed by atoms with E-state index in [-0.39, 0.29) is 24.0 Å². The Kier molecular flexibility index (Phi) is 9.71. The first kappa shape index (κ1) is 20.0. The minimum Gasteiger partial charge on any atom is -0.380 e. The van der Waals surface area contributed by atoms with Crippen molar-refractivity contribution in [1.82, 2.24) is 10.2 Å². The van der Waals surface area contributed by atoms with Gasteiger partial charge in [-0.25, -0.2) is 0 Å². The monoisotopic (exact) mass is 423 g/mol. The third-order valence-electron chi connectivity index (χ3n) is 5.04. The second-order valence-corrected chi connectivity index (χ2v) is 6.67. The van der Waals surface area contributed by atoms with Crippen LogP contribution in [0.2, 0.25) is 0 Å². The molecule has 0 aromatic rings. The Balaban J connectivity index is 0.00000242. The summed E-state index contributed by atoms with van der Waals surface area (Å²) in [5.74, 6) is 1.07. The standard InChI is InChI=1S/C17H33N3O.HI/c1-3-4-13-21-14-11-19-16(18-2)20-12-10-17(15-20)8-6-5-7-9-17;/h3-15H2,1-2H3,(H,18,19);1H. The topological polar surface area (TPSA) is 36.9 Å². The highest BCUT2D eigenvalue weighted by Crippen LogP contribution is 2.43. The van der Waals surface area contributed by atoms with E-state index in [1.807, 2.05) is 7.05 Å². The van der Waals surface area contributed by atoms with Crippen molar-refractivity contribution in [2.24, 2.45) is 10.4 Å². The van der Waals surface area contributed by atoms with Crippen LogP contribution < -0.4 is 5.32 Å². The number of likely N-dealkylation sites (tertiary alicyclic amines) is 1. The van der Waals surface area contributed by atoms with E-state index in [0.717, 1.165) is 38.7 Å². The molecule has 2 aliphatic rings. The highest BCUT2D eigenvalue weighted by atomic mass is 127. The van der Waals surface area contributed by atoms with Gasteiger partial charge in [0.15, 0.2) is 5.96 Å². The molecular weight excluding hydrogens is 389 g/mol. The zero-order chi connectivity index (χ0) is 15.0. The van der Waals surface area contributed by atoms with Crippen LogP contribution in [-0.2, 0) is 4.74 Å². The van der Waals surface area contributed by atoms with Crippen LogP contribution in [0.1, 0.15) is 58.3 Å². The molecule has 1 N–H and O–H groups in total. The molecule has 5 heteroatoms. The Hall–Kier alpha value is -0.0400. The van der Waals surface area contributed by atoms with Crippen LogP contribution in [0.15, 0.2) is 4.99 Å². The van der Waals surface area contributed by atoms with E-state index >= 15 is 0 Å². The number of unbranched alkanes of at least 4 members (excludes halogenated alkanes) is 1. The molecule has 1 heterocycles. The van der Waals surface area contributed by atoms with Crippen molar-refractivity contribution >= 4 is 29.9 Å². The highest BCUT2D eigenvalue weighted by Gasteiger charge is 2.39. The highest BCUT2D eigenvalue weighted by molar-refractivity contribution is 14.0. The van der Waals surface area contributed by atoms with E-state index in [4.69, 9.17) is 4.74 Å². The normalized spacial score (nSPS) is 21.0. The first-order chi connectivity index (χ1) is 10.3. The quantitative estimate of drug-likeness (QED) is 0.307. The van der Waals surface area contributed by atoms with Gasteiger partial charge in [0.2, 0.25) is 0 Å². The van der Waals surface area contributed by atoms with E-state index in [0.29, 0.717) is 5.41 Å². The predicted molar refractivity (Wildman–Crippen MR) is 104 cm³/mol. The number of hydrogen-bond acceptors (Lipinski definition) is 2. The number of rotatable bonds is 6. The van der Waals surface area contributed by atoms with Gasteiger partial charge in [-0.15, -0.1) is 24.0 Å². The van der Waals surface area contributed by atoms with Crippen LogP contribution in [-0.4, -0.2) is 50.8 Å². The minimum atomic E-state index is 0. The lowest BCUT2D eigenvalue weighted by atomic mass is 9.73. The van der Waals surface area contributed by atoms with E-state index in [1.54, 1.807) is 0 Å². The van der Waals surface area contributed by atoms with Gasteiger partial charge in [0.1, 0.15) is 0 Å². The summed E-state index contributed by atoms with van der Waals surface area (Å²) in [6.45, 7) is 7.07. The Labute approximate surface area is 153 Å². The summed E-state index contributed by atoms with van der Waals surface area (Å²) in [6, 6.07) is 0. The lowest BCUT2D eigenvalue weighted by Gasteiger charge is -2.33. The molecule has 1 saturated heterocycles. The van der Waals surface area contributed by atoms with Crippen molar-refractivity contribution in [2.45, 2.75) is 58.3 Å². The van der Waals surface area contributed by atoms with Crippen molar-refractivity contribution < 1.29 is 4.74 Å². The molecule has 0 aromatic carbocycles. The Morgan fingerprint density at radius 3 is 2.64 bits per heavy atom. The molecule has 1 aliphatic heterocycles. The van der Waals surface area contributed by atoms with Crippen molar-refractivity contribution in [1.29, 1.82) is 0 Å². The SMILES string of the molecule is CCCCOCCNC(=NC)N1CCC2(CCCCC2)C1.I. The second kappa shape index (κ2) is 10.7. The van der Waals surface area contributed by atoms with Crippen LogP contribution in [0.5, 0.6) is 0 Å². The summed E-state index contributed by atoms with van der Waals surface area (Å²) in [6.07, 6.45) is 10.8. The number of nitrogens with one attached hydrogen (secondary N) is 1. The molecule has 1 aliphatic carbocycles. The van der Waals surface area contributed by atoms with Gasteiger partial charge in [0.05, 0.1) is 6.61 Å². The first-order valence-corrected chi connectivity index (χ1v) is 8.83. The third kappa shape index (κ3) is 5.87. The zero-order valence-corrected chi connectivity index (χ0v) is 16.7. The maximum Gasteiger partial charge on any atom is 0.193 e. The van der Waals surface area contributed by atoms with Gasteiger partial charge < -0.3 is 15.0 Å². The van der Waals surface area contributed by atoms with Crippen molar-refractivity contribution in [2.75, 3.05) is 39.9 Å². The van der Waals surface area contributed by atoms with Gasteiger partial charge in [-0.3, -0.25) is 4.99 Å². The first-order valence-electron chi connectivity index (χ1n) is 8.83. The molecule has 0 unspecified atom stereocenters. The molecule has 2 rings (SSSR count). The fourth-order valence-corrected chi connectivity index (χ4v) is 3.74. The molecule has 2 fully saturated rings. The van der Waals surface area contributed by atoms with Gasteiger partial charge in [-0.1, -0.05) is 32.6 Å². The van der Waals surface area contributed by atoms with Crippen LogP contribution in [0.25, 0.3) is 0 Å². The summed E-state index contributed by atoms with van der Waals surface area (Å²) >= 11 is 0. The smallest absolute Gasteiger partial charge is 0.193 e. The maximum absolute atomic E-state index is 5.61. The molecule has 0 aromatic heterocycles. The fraction of sp³-hybridized carbons (Fsp3) is 0.941. The molecule has 0 radical (unpaired) electrons. The van der Waals surface area contributed by atoms with Crippen molar-refractivity contribution in [3.05, 3.63) is 0 Å². The Morgan fingerprint density at radius 1 is 1.18 bits per heavy atom. The fourth-order valence-electron chi connectivity index (χ4n) is 3.74. The number of ether oxygens (including phenoxy) is 1. The van der Waals surface area contributed by atoms with E-state index in [9.17, 15) is 0 Å². The van der Waals surface area contributed by atoms with Crippen LogP contribution in [0, 0.1) is 5.41 Å². The molecule has 0 bridgehead atoms. The maximum atomic E-state index is 5.61. The lowest BCUT2D eigenvalue weighted by molar-refractivity contribution is 0.135. The average molecular weight is 423 g/mol. The Bertz CT molecular complexity index is 330. The van der Waals surface area contributed by atoms with Gasteiger partial charge in [-0.05, 0) is 31.1 Å². The van der Waals surface area contributed by atoms with Crippen LogP contribution in [0.4, 0.5) is 0 Å². The van der Waals surface area contributed by atoms with Gasteiger partial charge in [0, 0.05) is 33.3 Å². The number of hydrogen-bond donors (Lipinski definition) is 1. The predicted octanol–water partition coefficient (Wildman–Crippen LogP) is 3.65. The van der Waals surface area contributed by atoms with Crippen molar-refractivity contribution in [3.63, 3.8) is 0 Å². The number of guanidine groups is 1. The van der Waals surface area contributed by atoms with Gasteiger partial charge >= 0.3 is 0 Å². The molecule has 22 heavy (non-hydrogen) atoms. The number of aliphatic imine (C=N–C) groups is 1. The number of halogens is 1. The average Bonchev–Trinajstić information content (AvgIpc) is 2.91. The van der Waals surface area contributed by atoms with Crippen LogP contribution in [0.3, 0.4) is 0 Å². The minimum absolute atomic E-state index is 0. The van der Waals surface area contributed by atoms with Crippen LogP contribution >= 0.6 is 24.0 Å². The largest absolute Gasteiger partial charge is 0.380 e. The molecule has 0 atom stereocenters.